The average molecular weight is 408 g/mol. The minimum absolute atomic E-state index is 0.888. The van der Waals surface area contributed by atoms with Gasteiger partial charge in [0.25, 0.3) is 0 Å². The number of hydrogen-bond donors (Lipinski definition) is 0. The number of thiophene rings is 1. The fraction of sp³-hybridized carbons (Fsp3) is 0. The summed E-state index contributed by atoms with van der Waals surface area (Å²) in [6.45, 7) is 0. The van der Waals surface area contributed by atoms with Crippen LogP contribution in [-0.4, -0.2) is 0 Å². The summed E-state index contributed by atoms with van der Waals surface area (Å²) >= 11 is 1.79. The third kappa shape index (κ3) is 2.31. The molecule has 0 amide bonds. The summed E-state index contributed by atoms with van der Waals surface area (Å²) in [5, 5.41) is 3.99. The van der Waals surface area contributed by atoms with E-state index in [1.54, 1.807) is 11.3 Å². The molecule has 29 heavy (non-hydrogen) atoms. The first-order valence-corrected chi connectivity index (χ1v) is 12.2. The van der Waals surface area contributed by atoms with Crippen LogP contribution in [0.3, 0.4) is 0 Å². The Hall–Kier alpha value is -2.93. The lowest BCUT2D eigenvalue weighted by molar-refractivity contribution is 0.592. The quantitative estimate of drug-likeness (QED) is 0.297. The van der Waals surface area contributed by atoms with Gasteiger partial charge in [0.1, 0.15) is 0 Å². The molecule has 0 saturated heterocycles. The van der Waals surface area contributed by atoms with E-state index < -0.39 is 7.14 Å². The van der Waals surface area contributed by atoms with E-state index >= 15 is 4.57 Å². The summed E-state index contributed by atoms with van der Waals surface area (Å²) in [7, 11) is -3.01. The molecule has 0 bridgehead atoms. The van der Waals surface area contributed by atoms with Crippen molar-refractivity contribution < 1.29 is 4.57 Å². The van der Waals surface area contributed by atoms with Gasteiger partial charge in [0.15, 0.2) is 7.14 Å². The second kappa shape index (κ2) is 6.29. The Labute approximate surface area is 173 Å². The van der Waals surface area contributed by atoms with Gasteiger partial charge in [0.05, 0.1) is 0 Å². The van der Waals surface area contributed by atoms with E-state index in [4.69, 9.17) is 0 Å². The van der Waals surface area contributed by atoms with Gasteiger partial charge in [-0.25, -0.2) is 0 Å². The van der Waals surface area contributed by atoms with Crippen LogP contribution in [0.5, 0.6) is 0 Å². The lowest BCUT2D eigenvalue weighted by atomic mass is 9.99. The number of rotatable bonds is 1. The van der Waals surface area contributed by atoms with Crippen molar-refractivity contribution in [3.05, 3.63) is 103 Å². The molecular formula is C26H17OPS. The zero-order valence-electron chi connectivity index (χ0n) is 15.6. The Morgan fingerprint density at radius 2 is 1.17 bits per heavy atom. The van der Waals surface area contributed by atoms with Crippen LogP contribution in [0.15, 0.2) is 103 Å². The molecule has 1 aromatic heterocycles. The molecule has 1 atom stereocenters. The van der Waals surface area contributed by atoms with Crippen molar-refractivity contribution in [1.29, 1.82) is 0 Å². The van der Waals surface area contributed by atoms with Gasteiger partial charge >= 0.3 is 0 Å². The van der Waals surface area contributed by atoms with Gasteiger partial charge in [0, 0.05) is 42.0 Å². The van der Waals surface area contributed by atoms with Crippen LogP contribution in [0.4, 0.5) is 0 Å². The van der Waals surface area contributed by atoms with Gasteiger partial charge < -0.3 is 4.57 Å². The molecule has 4 aromatic carbocycles. The van der Waals surface area contributed by atoms with Gasteiger partial charge in [0.2, 0.25) is 0 Å². The van der Waals surface area contributed by atoms with Gasteiger partial charge in [-0.1, -0.05) is 97.1 Å². The van der Waals surface area contributed by atoms with E-state index in [2.05, 4.69) is 60.7 Å². The minimum Gasteiger partial charge on any atom is -0.309 e. The predicted octanol–water partition coefficient (Wildman–Crippen LogP) is 6.19. The van der Waals surface area contributed by atoms with Crippen LogP contribution in [0.25, 0.3) is 31.7 Å². The molecule has 1 aliphatic rings. The lowest BCUT2D eigenvalue weighted by Gasteiger charge is -2.22. The molecule has 1 nitrogen and oxygen atoms in total. The molecular weight excluding hydrogens is 391 g/mol. The van der Waals surface area contributed by atoms with Crippen molar-refractivity contribution in [3.8, 4) is 21.6 Å². The summed E-state index contributed by atoms with van der Waals surface area (Å²) in [6.07, 6.45) is 0. The third-order valence-corrected chi connectivity index (χ3v) is 10.1. The maximum atomic E-state index is 15.0. The number of benzene rings is 4. The van der Waals surface area contributed by atoms with Gasteiger partial charge in [-0.2, -0.15) is 0 Å². The highest BCUT2D eigenvalue weighted by Crippen LogP contribution is 2.54. The van der Waals surface area contributed by atoms with E-state index in [-0.39, 0.29) is 0 Å². The Kier molecular flexibility index (Phi) is 3.68. The van der Waals surface area contributed by atoms with Crippen LogP contribution in [-0.2, 0) is 4.57 Å². The van der Waals surface area contributed by atoms with Crippen LogP contribution in [0.1, 0.15) is 0 Å². The Balaban J connectivity index is 1.85. The van der Waals surface area contributed by atoms with Crippen molar-refractivity contribution in [2.45, 2.75) is 0 Å². The highest BCUT2D eigenvalue weighted by molar-refractivity contribution is 7.85. The topological polar surface area (TPSA) is 17.1 Å². The molecule has 0 aliphatic carbocycles. The second-order valence-corrected chi connectivity index (χ2v) is 11.0. The van der Waals surface area contributed by atoms with Crippen LogP contribution < -0.4 is 15.9 Å². The largest absolute Gasteiger partial charge is 0.309 e. The van der Waals surface area contributed by atoms with Gasteiger partial charge in [-0.15, -0.1) is 11.3 Å². The fourth-order valence-electron chi connectivity index (χ4n) is 4.45. The molecule has 2 heterocycles. The summed E-state index contributed by atoms with van der Waals surface area (Å²) in [6, 6.07) is 35.0. The standard InChI is InChI=1S/C26H17OPS/c27-28(18-10-2-1-3-11-18)22-15-7-4-12-19(22)25-21-14-6-9-17-24(21)29-26(25)20-13-5-8-16-23(20)28/h1-17H. The number of fused-ring (bicyclic) bond motifs is 7. The van der Waals surface area contributed by atoms with Crippen molar-refractivity contribution >= 4 is 44.5 Å². The molecule has 3 heteroatoms. The van der Waals surface area contributed by atoms with E-state index in [1.165, 1.54) is 20.5 Å². The van der Waals surface area contributed by atoms with E-state index in [1.807, 2.05) is 42.5 Å². The van der Waals surface area contributed by atoms with Crippen molar-refractivity contribution in [3.63, 3.8) is 0 Å². The highest BCUT2D eigenvalue weighted by Gasteiger charge is 2.38. The maximum absolute atomic E-state index is 15.0. The summed E-state index contributed by atoms with van der Waals surface area (Å²) in [5.74, 6) is 0. The molecule has 0 saturated carbocycles. The van der Waals surface area contributed by atoms with E-state index in [0.717, 1.165) is 27.0 Å². The molecule has 6 rings (SSSR count). The fourth-order valence-corrected chi connectivity index (χ4v) is 8.83. The van der Waals surface area contributed by atoms with Crippen LogP contribution in [0.2, 0.25) is 0 Å². The van der Waals surface area contributed by atoms with E-state index in [9.17, 15) is 0 Å². The first kappa shape index (κ1) is 17.0. The van der Waals surface area contributed by atoms with E-state index in [0.29, 0.717) is 0 Å². The van der Waals surface area contributed by atoms with Crippen molar-refractivity contribution in [2.24, 2.45) is 0 Å². The highest BCUT2D eigenvalue weighted by atomic mass is 32.1. The summed E-state index contributed by atoms with van der Waals surface area (Å²) < 4.78 is 16.3. The second-order valence-electron chi connectivity index (χ2n) is 7.28. The molecule has 1 unspecified atom stereocenters. The van der Waals surface area contributed by atoms with Crippen LogP contribution in [0, 0.1) is 0 Å². The average Bonchev–Trinajstić information content (AvgIpc) is 3.15. The van der Waals surface area contributed by atoms with Crippen molar-refractivity contribution in [1.82, 2.24) is 0 Å². The minimum atomic E-state index is -3.01. The monoisotopic (exact) mass is 408 g/mol. The maximum Gasteiger partial charge on any atom is 0.172 e. The van der Waals surface area contributed by atoms with Crippen molar-refractivity contribution in [2.75, 3.05) is 0 Å². The smallest absolute Gasteiger partial charge is 0.172 e. The number of hydrogen-bond acceptors (Lipinski definition) is 2. The van der Waals surface area contributed by atoms with Gasteiger partial charge in [-0.3, -0.25) is 0 Å². The predicted molar refractivity (Wildman–Crippen MR) is 126 cm³/mol. The Morgan fingerprint density at radius 3 is 1.97 bits per heavy atom. The van der Waals surface area contributed by atoms with Gasteiger partial charge in [-0.05, 0) is 11.6 Å². The first-order chi connectivity index (χ1) is 14.3. The molecule has 1 aliphatic heterocycles. The Bertz CT molecular complexity index is 1430. The summed E-state index contributed by atoms with van der Waals surface area (Å²) in [4.78, 5) is 1.21. The summed E-state index contributed by atoms with van der Waals surface area (Å²) in [5.41, 5.74) is 3.39. The molecule has 0 fully saturated rings. The molecule has 5 aromatic rings. The Morgan fingerprint density at radius 1 is 0.586 bits per heavy atom. The molecule has 0 spiro atoms. The molecule has 138 valence electrons. The van der Waals surface area contributed by atoms with Crippen LogP contribution >= 0.6 is 18.5 Å². The molecule has 0 N–H and O–H groups in total. The first-order valence-electron chi connectivity index (χ1n) is 9.65. The zero-order valence-corrected chi connectivity index (χ0v) is 17.3. The zero-order chi connectivity index (χ0) is 19.4. The normalized spacial score (nSPS) is 17.2. The lowest BCUT2D eigenvalue weighted by Crippen LogP contribution is -2.26. The molecule has 0 radical (unpaired) electrons. The third-order valence-electron chi connectivity index (χ3n) is 5.72. The SMILES string of the molecule is O=P1(c2ccccc2)c2ccccc2-c2sc3ccccc3c2-c2ccccc21.